The lowest BCUT2D eigenvalue weighted by Gasteiger charge is -1.70. The molecule has 0 spiro atoms. The highest BCUT2D eigenvalue weighted by atomic mass is 79.9. The summed E-state index contributed by atoms with van der Waals surface area (Å²) < 4.78 is 0. The van der Waals surface area contributed by atoms with Gasteiger partial charge in [-0.15, -0.1) is 17.0 Å². The van der Waals surface area contributed by atoms with Crippen molar-refractivity contribution < 1.29 is 0 Å². The Balaban J connectivity index is 0. The molecule has 0 aromatic heterocycles. The van der Waals surface area contributed by atoms with Gasteiger partial charge in [-0.3, -0.25) is 0 Å². The molecule has 0 atom stereocenters. The molecule has 0 nitrogen and oxygen atoms in total. The predicted octanol–water partition coefficient (Wildman–Crippen LogP) is 2.91. The first-order valence-electron chi connectivity index (χ1n) is 1.68. The molecule has 3 heteroatoms. The Morgan fingerprint density at radius 1 is 1.00 bits per heavy atom. The molecule has 0 unspecified atom stereocenters. The van der Waals surface area contributed by atoms with Crippen molar-refractivity contribution in [2.75, 3.05) is 10.7 Å². The lowest BCUT2D eigenvalue weighted by Crippen LogP contribution is -1.58. The molecule has 0 aliphatic heterocycles. The summed E-state index contributed by atoms with van der Waals surface area (Å²) in [6, 6.07) is 0. The van der Waals surface area contributed by atoms with Crippen molar-refractivity contribution in [1.29, 1.82) is 0 Å². The fourth-order valence-corrected chi connectivity index (χ4v) is 0.655. The van der Waals surface area contributed by atoms with Crippen LogP contribution in [0.2, 0.25) is 0 Å². The van der Waals surface area contributed by atoms with Crippen molar-refractivity contribution in [3.63, 3.8) is 0 Å². The van der Waals surface area contributed by atoms with Gasteiger partial charge in [0, 0.05) is 10.7 Å². The van der Waals surface area contributed by atoms with Crippen molar-refractivity contribution in [1.82, 2.24) is 0 Å². The fraction of sp³-hybridized carbons (Fsp3) is 0.500. The number of hydrogen-bond acceptors (Lipinski definition) is 0. The molecule has 0 aliphatic carbocycles. The molecule has 0 rings (SSSR count). The zero-order valence-corrected chi connectivity index (χ0v) is 8.62. The number of halogens is 3. The maximum Gasteiger partial charge on any atom is 0.0212 e. The zero-order valence-electron chi connectivity index (χ0n) is 3.73. The van der Waals surface area contributed by atoms with Crippen molar-refractivity contribution in [2.24, 2.45) is 0 Å². The van der Waals surface area contributed by atoms with Crippen LogP contribution in [0.1, 0.15) is 0 Å². The van der Waals surface area contributed by atoms with E-state index in [1.807, 2.05) is 0 Å². The van der Waals surface area contributed by atoms with Crippen molar-refractivity contribution in [2.45, 2.75) is 0 Å². The van der Waals surface area contributed by atoms with Gasteiger partial charge in [-0.1, -0.05) is 44.0 Å². The summed E-state index contributed by atoms with van der Waals surface area (Å²) in [5.74, 6) is 0. The standard InChI is InChI=1S/C4H6Br2.BrH/c5-3-1-2-4-6;/h1-2H,3-4H2;1H. The van der Waals surface area contributed by atoms with Gasteiger partial charge in [0.25, 0.3) is 0 Å². The van der Waals surface area contributed by atoms with Crippen LogP contribution in [0.4, 0.5) is 0 Å². The molecule has 0 aliphatic rings. The van der Waals surface area contributed by atoms with Crippen LogP contribution in [0.15, 0.2) is 12.2 Å². The van der Waals surface area contributed by atoms with Crippen LogP contribution in [0, 0.1) is 0 Å². The van der Waals surface area contributed by atoms with E-state index in [0.717, 1.165) is 10.7 Å². The predicted molar refractivity (Wildman–Crippen MR) is 47.1 cm³/mol. The van der Waals surface area contributed by atoms with E-state index in [9.17, 15) is 0 Å². The highest BCUT2D eigenvalue weighted by Gasteiger charge is 1.62. The lowest BCUT2D eigenvalue weighted by atomic mass is 10.6. The highest BCUT2D eigenvalue weighted by molar-refractivity contribution is 9.09. The SMILES string of the molecule is Br.BrCC=CCBr. The van der Waals surface area contributed by atoms with E-state index in [2.05, 4.69) is 44.0 Å². The minimum absolute atomic E-state index is 0. The van der Waals surface area contributed by atoms with E-state index in [1.165, 1.54) is 0 Å². The molecule has 0 bridgehead atoms. The van der Waals surface area contributed by atoms with Crippen LogP contribution in [0.5, 0.6) is 0 Å². The Labute approximate surface area is 71.4 Å². The second kappa shape index (κ2) is 10.2. The Morgan fingerprint density at radius 3 is 1.43 bits per heavy atom. The van der Waals surface area contributed by atoms with E-state index in [1.54, 1.807) is 0 Å². The Hall–Kier alpha value is 1.18. The van der Waals surface area contributed by atoms with E-state index >= 15 is 0 Å². The van der Waals surface area contributed by atoms with Gasteiger partial charge in [0.2, 0.25) is 0 Å². The summed E-state index contributed by atoms with van der Waals surface area (Å²) in [6.45, 7) is 0. The summed E-state index contributed by atoms with van der Waals surface area (Å²) in [6.07, 6.45) is 4.10. The molecular formula is C4H7Br3. The Morgan fingerprint density at radius 2 is 1.29 bits per heavy atom. The minimum atomic E-state index is 0. The Bertz CT molecular complexity index is 36.2. The van der Waals surface area contributed by atoms with Gasteiger partial charge in [0.1, 0.15) is 0 Å². The van der Waals surface area contributed by atoms with E-state index in [0.29, 0.717) is 0 Å². The first-order valence-corrected chi connectivity index (χ1v) is 3.93. The summed E-state index contributed by atoms with van der Waals surface area (Å²) in [4.78, 5) is 0. The summed E-state index contributed by atoms with van der Waals surface area (Å²) >= 11 is 6.49. The van der Waals surface area contributed by atoms with Crippen molar-refractivity contribution in [3.8, 4) is 0 Å². The fourth-order valence-electron chi connectivity index (χ4n) is 0.126. The number of rotatable bonds is 2. The number of alkyl halides is 2. The summed E-state index contributed by atoms with van der Waals surface area (Å²) in [7, 11) is 0. The molecule has 0 amide bonds. The molecule has 0 radical (unpaired) electrons. The van der Waals surface area contributed by atoms with E-state index in [4.69, 9.17) is 0 Å². The monoisotopic (exact) mass is 292 g/mol. The first kappa shape index (κ1) is 11.0. The molecule has 0 saturated carbocycles. The van der Waals surface area contributed by atoms with Crippen LogP contribution < -0.4 is 0 Å². The molecule has 0 aromatic carbocycles. The summed E-state index contributed by atoms with van der Waals surface area (Å²) in [5, 5.41) is 1.91. The summed E-state index contributed by atoms with van der Waals surface area (Å²) in [5.41, 5.74) is 0. The van der Waals surface area contributed by atoms with Crippen LogP contribution >= 0.6 is 48.8 Å². The number of allylic oxidation sites excluding steroid dienone is 2. The van der Waals surface area contributed by atoms with Gasteiger partial charge in [-0.2, -0.15) is 0 Å². The van der Waals surface area contributed by atoms with Gasteiger partial charge in [0.15, 0.2) is 0 Å². The number of hydrogen-bond donors (Lipinski definition) is 0. The largest absolute Gasteiger partial charge is 0.114 e. The van der Waals surface area contributed by atoms with Crippen LogP contribution in [-0.4, -0.2) is 10.7 Å². The molecular weight excluding hydrogens is 288 g/mol. The molecule has 0 saturated heterocycles. The Kier molecular flexibility index (Phi) is 16.1. The molecule has 7 heavy (non-hydrogen) atoms. The molecule has 0 aromatic rings. The minimum Gasteiger partial charge on any atom is -0.114 e. The quantitative estimate of drug-likeness (QED) is 0.543. The van der Waals surface area contributed by atoms with Gasteiger partial charge in [-0.25, -0.2) is 0 Å². The maximum absolute atomic E-state index is 3.24. The maximum atomic E-state index is 3.24. The van der Waals surface area contributed by atoms with Gasteiger partial charge in [0.05, 0.1) is 0 Å². The van der Waals surface area contributed by atoms with Crippen LogP contribution in [0.25, 0.3) is 0 Å². The van der Waals surface area contributed by atoms with Crippen LogP contribution in [-0.2, 0) is 0 Å². The van der Waals surface area contributed by atoms with E-state index < -0.39 is 0 Å². The third-order valence-corrected chi connectivity index (χ3v) is 1.09. The third kappa shape index (κ3) is 11.0. The van der Waals surface area contributed by atoms with Gasteiger partial charge < -0.3 is 0 Å². The second-order valence-electron chi connectivity index (χ2n) is 0.780. The normalized spacial score (nSPS) is 8.86. The molecule has 0 N–H and O–H groups in total. The van der Waals surface area contributed by atoms with E-state index in [-0.39, 0.29) is 17.0 Å². The first-order chi connectivity index (χ1) is 2.91. The zero-order chi connectivity index (χ0) is 4.83. The average Bonchev–Trinajstić information content (AvgIpc) is 1.61. The third-order valence-electron chi connectivity index (χ3n) is 0.345. The van der Waals surface area contributed by atoms with Crippen molar-refractivity contribution >= 4 is 48.8 Å². The van der Waals surface area contributed by atoms with Crippen molar-refractivity contribution in [3.05, 3.63) is 12.2 Å². The average molecular weight is 295 g/mol. The lowest BCUT2D eigenvalue weighted by molar-refractivity contribution is 1.71. The molecule has 0 heterocycles. The smallest absolute Gasteiger partial charge is 0.0212 e. The highest BCUT2D eigenvalue weighted by Crippen LogP contribution is 1.84. The molecule has 0 fully saturated rings. The second-order valence-corrected chi connectivity index (χ2v) is 2.07. The molecule has 44 valence electrons. The topological polar surface area (TPSA) is 0 Å². The van der Waals surface area contributed by atoms with Gasteiger partial charge >= 0.3 is 0 Å². The van der Waals surface area contributed by atoms with Gasteiger partial charge in [-0.05, 0) is 0 Å². The van der Waals surface area contributed by atoms with Crippen LogP contribution in [0.3, 0.4) is 0 Å².